The van der Waals surface area contributed by atoms with Gasteiger partial charge in [-0.05, 0) is 12.5 Å². The third-order valence-corrected chi connectivity index (χ3v) is 1.89. The van der Waals surface area contributed by atoms with Gasteiger partial charge in [-0.2, -0.15) is 0 Å². The van der Waals surface area contributed by atoms with Crippen molar-refractivity contribution in [3.8, 4) is 0 Å². The molecule has 3 heteroatoms. The van der Waals surface area contributed by atoms with Gasteiger partial charge in [0.05, 0.1) is 13.0 Å². The van der Waals surface area contributed by atoms with E-state index >= 15 is 0 Å². The van der Waals surface area contributed by atoms with Crippen molar-refractivity contribution in [2.75, 3.05) is 19.8 Å². The maximum atomic E-state index is 11.3. The summed E-state index contributed by atoms with van der Waals surface area (Å²) < 4.78 is 10.0. The molecule has 0 heterocycles. The van der Waals surface area contributed by atoms with Gasteiger partial charge in [0.1, 0.15) is 6.61 Å². The Labute approximate surface area is 90.0 Å². The molecule has 0 saturated heterocycles. The topological polar surface area (TPSA) is 35.5 Å². The number of esters is 1. The molecule has 0 fully saturated rings. The highest BCUT2D eigenvalue weighted by Crippen LogP contribution is 2.00. The molecule has 0 unspecified atom stereocenters. The van der Waals surface area contributed by atoms with Gasteiger partial charge >= 0.3 is 5.97 Å². The molecule has 1 rings (SSSR count). The average molecular weight is 208 g/mol. The van der Waals surface area contributed by atoms with Crippen molar-refractivity contribution in [2.24, 2.45) is 0 Å². The predicted octanol–water partition coefficient (Wildman–Crippen LogP) is 1.81. The first-order valence-electron chi connectivity index (χ1n) is 5.10. The molecule has 82 valence electrons. The Balaban J connectivity index is 2.19. The number of ether oxygens (including phenoxy) is 2. The zero-order valence-electron chi connectivity index (χ0n) is 8.94. The summed E-state index contributed by atoms with van der Waals surface area (Å²) in [5, 5.41) is 0. The summed E-state index contributed by atoms with van der Waals surface area (Å²) in [4.78, 5) is 11.3. The van der Waals surface area contributed by atoms with E-state index in [1.54, 1.807) is 0 Å². The summed E-state index contributed by atoms with van der Waals surface area (Å²) in [6, 6.07) is 9.54. The quantitative estimate of drug-likeness (QED) is 0.528. The molecule has 0 atom stereocenters. The summed E-state index contributed by atoms with van der Waals surface area (Å²) in [6.45, 7) is 3.36. The number of hydrogen-bond donors (Lipinski definition) is 0. The van der Waals surface area contributed by atoms with Gasteiger partial charge in [-0.1, -0.05) is 30.3 Å². The summed E-state index contributed by atoms with van der Waals surface area (Å²) in [5.41, 5.74) is 0.971. The lowest BCUT2D eigenvalue weighted by molar-refractivity contribution is -0.144. The highest BCUT2D eigenvalue weighted by molar-refractivity contribution is 5.72. The van der Waals surface area contributed by atoms with Crippen LogP contribution in [-0.4, -0.2) is 25.8 Å². The molecule has 0 spiro atoms. The molecule has 0 bridgehead atoms. The van der Waals surface area contributed by atoms with Crippen LogP contribution in [0.3, 0.4) is 0 Å². The maximum Gasteiger partial charge on any atom is 0.310 e. The van der Waals surface area contributed by atoms with Crippen LogP contribution in [0.4, 0.5) is 0 Å². The van der Waals surface area contributed by atoms with E-state index in [1.807, 2.05) is 37.3 Å². The van der Waals surface area contributed by atoms with Gasteiger partial charge in [-0.25, -0.2) is 0 Å². The van der Waals surface area contributed by atoms with Crippen molar-refractivity contribution in [1.82, 2.24) is 0 Å². The van der Waals surface area contributed by atoms with Gasteiger partial charge in [0.25, 0.3) is 0 Å². The van der Waals surface area contributed by atoms with E-state index in [2.05, 4.69) is 0 Å². The largest absolute Gasteiger partial charge is 0.463 e. The van der Waals surface area contributed by atoms with E-state index in [-0.39, 0.29) is 5.97 Å². The minimum Gasteiger partial charge on any atom is -0.463 e. The monoisotopic (exact) mass is 208 g/mol. The molecule has 0 amide bonds. The first-order valence-corrected chi connectivity index (χ1v) is 5.10. The van der Waals surface area contributed by atoms with Crippen molar-refractivity contribution >= 4 is 5.97 Å². The lowest BCUT2D eigenvalue weighted by Gasteiger charge is -2.04. The fourth-order valence-electron chi connectivity index (χ4n) is 1.17. The highest BCUT2D eigenvalue weighted by atomic mass is 16.6. The summed E-state index contributed by atoms with van der Waals surface area (Å²) >= 11 is 0. The second-order valence-corrected chi connectivity index (χ2v) is 3.08. The Hall–Kier alpha value is -1.35. The first-order chi connectivity index (χ1) is 7.33. The number of hydrogen-bond acceptors (Lipinski definition) is 3. The number of rotatable bonds is 6. The normalized spacial score (nSPS) is 9.93. The molecule has 0 N–H and O–H groups in total. The van der Waals surface area contributed by atoms with Gasteiger partial charge < -0.3 is 9.47 Å². The Bertz CT molecular complexity index is 282. The van der Waals surface area contributed by atoms with Crippen LogP contribution < -0.4 is 0 Å². The van der Waals surface area contributed by atoms with E-state index in [0.717, 1.165) is 5.56 Å². The first kappa shape index (κ1) is 11.7. The van der Waals surface area contributed by atoms with Crippen LogP contribution in [0.25, 0.3) is 0 Å². The Morgan fingerprint density at radius 1 is 1.20 bits per heavy atom. The number of carbonyl (C=O) groups is 1. The predicted molar refractivity (Wildman–Crippen MR) is 57.6 cm³/mol. The van der Waals surface area contributed by atoms with Gasteiger partial charge in [-0.15, -0.1) is 0 Å². The molecule has 0 aliphatic rings. The van der Waals surface area contributed by atoms with Gasteiger partial charge in [0.15, 0.2) is 0 Å². The molecule has 1 aromatic carbocycles. The van der Waals surface area contributed by atoms with Crippen molar-refractivity contribution in [3.05, 3.63) is 35.9 Å². The van der Waals surface area contributed by atoms with Crippen molar-refractivity contribution in [1.29, 1.82) is 0 Å². The molecule has 0 radical (unpaired) electrons. The zero-order chi connectivity index (χ0) is 10.9. The second kappa shape index (κ2) is 7.01. The molecule has 0 aliphatic carbocycles. The maximum absolute atomic E-state index is 11.3. The molecular weight excluding hydrogens is 192 g/mol. The number of carbonyl (C=O) groups excluding carboxylic acids is 1. The second-order valence-electron chi connectivity index (χ2n) is 3.08. The average Bonchev–Trinajstić information content (AvgIpc) is 2.26. The van der Waals surface area contributed by atoms with Crippen LogP contribution in [0.5, 0.6) is 0 Å². The van der Waals surface area contributed by atoms with Crippen molar-refractivity contribution in [2.45, 2.75) is 13.3 Å². The fourth-order valence-corrected chi connectivity index (χ4v) is 1.17. The SMILES string of the molecule is CCOCCOC(=O)Cc1ccccc1. The standard InChI is InChI=1S/C12H16O3/c1-2-14-8-9-15-12(13)10-11-6-4-3-5-7-11/h3-7H,2,8-10H2,1H3. The Morgan fingerprint density at radius 3 is 2.60 bits per heavy atom. The lowest BCUT2D eigenvalue weighted by Crippen LogP contribution is -2.12. The summed E-state index contributed by atoms with van der Waals surface area (Å²) in [7, 11) is 0. The van der Waals surface area contributed by atoms with Crippen LogP contribution >= 0.6 is 0 Å². The third-order valence-electron chi connectivity index (χ3n) is 1.89. The Kier molecular flexibility index (Phi) is 5.48. The van der Waals surface area contributed by atoms with Crippen molar-refractivity contribution in [3.63, 3.8) is 0 Å². The smallest absolute Gasteiger partial charge is 0.310 e. The molecule has 0 aliphatic heterocycles. The fraction of sp³-hybridized carbons (Fsp3) is 0.417. The van der Waals surface area contributed by atoms with E-state index in [9.17, 15) is 4.79 Å². The minimum atomic E-state index is -0.207. The number of benzene rings is 1. The minimum absolute atomic E-state index is 0.207. The molecule has 3 nitrogen and oxygen atoms in total. The summed E-state index contributed by atoms with van der Waals surface area (Å²) in [5.74, 6) is -0.207. The van der Waals surface area contributed by atoms with Crippen LogP contribution in [0, 0.1) is 0 Å². The van der Waals surface area contributed by atoms with Crippen LogP contribution in [0.15, 0.2) is 30.3 Å². The highest BCUT2D eigenvalue weighted by Gasteiger charge is 2.03. The molecule has 15 heavy (non-hydrogen) atoms. The van der Waals surface area contributed by atoms with Crippen molar-refractivity contribution < 1.29 is 14.3 Å². The molecule has 1 aromatic rings. The van der Waals surface area contributed by atoms with E-state index in [1.165, 1.54) is 0 Å². The van der Waals surface area contributed by atoms with E-state index < -0.39 is 0 Å². The van der Waals surface area contributed by atoms with Gasteiger partial charge in [0, 0.05) is 6.61 Å². The molecule has 0 aromatic heterocycles. The third kappa shape index (κ3) is 5.18. The molecular formula is C12H16O3. The van der Waals surface area contributed by atoms with Crippen LogP contribution in [0.2, 0.25) is 0 Å². The van der Waals surface area contributed by atoms with E-state index in [0.29, 0.717) is 26.2 Å². The van der Waals surface area contributed by atoms with Crippen LogP contribution in [-0.2, 0) is 20.7 Å². The zero-order valence-corrected chi connectivity index (χ0v) is 8.94. The Morgan fingerprint density at radius 2 is 1.93 bits per heavy atom. The lowest BCUT2D eigenvalue weighted by atomic mass is 10.2. The van der Waals surface area contributed by atoms with Gasteiger partial charge in [-0.3, -0.25) is 4.79 Å². The van der Waals surface area contributed by atoms with E-state index in [4.69, 9.17) is 9.47 Å². The summed E-state index contributed by atoms with van der Waals surface area (Å²) in [6.07, 6.45) is 0.326. The molecule has 0 saturated carbocycles. The van der Waals surface area contributed by atoms with Crippen LogP contribution in [0.1, 0.15) is 12.5 Å². The van der Waals surface area contributed by atoms with Gasteiger partial charge in [0.2, 0.25) is 0 Å².